The zero-order valence-electron chi connectivity index (χ0n) is 64.0. The maximum absolute atomic E-state index is 13.1. The van der Waals surface area contributed by atoms with Crippen molar-refractivity contribution in [3.8, 4) is 0 Å². The van der Waals surface area contributed by atoms with Crippen molar-refractivity contribution in [2.45, 2.75) is 482 Å². The first-order valence-electron chi connectivity index (χ1n) is 42.6. The number of unbranched alkanes of at least 4 members (excludes halogenated alkanes) is 68. The molecule has 0 bridgehead atoms. The fourth-order valence-electron chi connectivity index (χ4n) is 13.7. The zero-order chi connectivity index (χ0) is 67.6. The number of hydrogen-bond acceptors (Lipinski definition) is 6. The topological polar surface area (TPSA) is 108 Å². The van der Waals surface area contributed by atoms with E-state index in [-0.39, 0.29) is 19.1 Å². The Balaban J connectivity index is 3.87. The van der Waals surface area contributed by atoms with Gasteiger partial charge in [-0.25, -0.2) is 0 Å². The highest BCUT2D eigenvalue weighted by Gasteiger charge is 2.23. The highest BCUT2D eigenvalue weighted by atomic mass is 31.2. The summed E-state index contributed by atoms with van der Waals surface area (Å²) in [5, 5.41) is 14.0. The van der Waals surface area contributed by atoms with Gasteiger partial charge in [-0.05, 0) is 19.3 Å². The van der Waals surface area contributed by atoms with E-state index >= 15 is 0 Å². The molecule has 9 heteroatoms. The van der Waals surface area contributed by atoms with Crippen LogP contribution in [0.5, 0.6) is 0 Å². The van der Waals surface area contributed by atoms with Crippen molar-refractivity contribution in [3.05, 3.63) is 12.2 Å². The Hall–Kier alpha value is -0.760. The fourth-order valence-corrected chi connectivity index (χ4v) is 14.4. The normalized spacial score (nSPS) is 13.4. The molecule has 2 N–H and O–H groups in total. The number of carbonyl (C=O) groups excluding carboxylic acids is 1. The second-order valence-corrected chi connectivity index (χ2v) is 32.3. The largest absolute Gasteiger partial charge is 0.756 e. The van der Waals surface area contributed by atoms with Gasteiger partial charge < -0.3 is 28.8 Å². The summed E-state index contributed by atoms with van der Waals surface area (Å²) in [6.07, 6.45) is 99.9. The van der Waals surface area contributed by atoms with E-state index in [2.05, 4.69) is 19.2 Å². The summed E-state index contributed by atoms with van der Waals surface area (Å²) in [6.45, 7) is 4.74. The van der Waals surface area contributed by atoms with Gasteiger partial charge in [0.2, 0.25) is 5.91 Å². The van der Waals surface area contributed by atoms with Crippen LogP contribution in [0.1, 0.15) is 470 Å². The van der Waals surface area contributed by atoms with Gasteiger partial charge in [0, 0.05) is 6.42 Å². The molecule has 0 aromatic rings. The third-order valence-electron chi connectivity index (χ3n) is 20.2. The number of aliphatic hydroxyl groups is 1. The molecule has 3 unspecified atom stereocenters. The van der Waals surface area contributed by atoms with Crippen LogP contribution in [0, 0.1) is 0 Å². The first kappa shape index (κ1) is 92.2. The van der Waals surface area contributed by atoms with E-state index in [0.29, 0.717) is 17.4 Å². The zero-order valence-corrected chi connectivity index (χ0v) is 64.9. The average Bonchev–Trinajstić information content (AvgIpc) is 1.92. The minimum Gasteiger partial charge on any atom is -0.756 e. The van der Waals surface area contributed by atoms with Crippen molar-refractivity contribution < 1.29 is 32.9 Å². The highest BCUT2D eigenvalue weighted by molar-refractivity contribution is 7.45. The van der Waals surface area contributed by atoms with Crippen LogP contribution in [0.4, 0.5) is 0 Å². The summed E-state index contributed by atoms with van der Waals surface area (Å²) in [5.74, 6) is -0.185. The van der Waals surface area contributed by atoms with Crippen LogP contribution in [-0.2, 0) is 18.4 Å². The van der Waals surface area contributed by atoms with Crippen LogP contribution in [0.25, 0.3) is 0 Å². The van der Waals surface area contributed by atoms with Crippen molar-refractivity contribution >= 4 is 13.7 Å². The number of likely N-dealkylation sites (N-methyl/N-ethyl adjacent to an activating group) is 1. The van der Waals surface area contributed by atoms with E-state index in [1.165, 1.54) is 411 Å². The van der Waals surface area contributed by atoms with E-state index in [9.17, 15) is 19.4 Å². The smallest absolute Gasteiger partial charge is 0.268 e. The fraction of sp³-hybridized carbons (Fsp3) is 0.964. The summed E-state index contributed by atoms with van der Waals surface area (Å²) >= 11 is 0. The minimum absolute atomic E-state index is 0.00322. The second-order valence-electron chi connectivity index (χ2n) is 30.9. The Morgan fingerprint density at radius 3 is 0.806 bits per heavy atom. The standard InChI is InChI=1S/C84H169N2O6P/c1-6-8-10-12-14-16-18-20-22-24-26-28-30-32-34-36-38-39-40-41-42-43-44-45-46-48-50-52-54-56-58-60-62-64-66-68-70-72-74-76-78-84(88)85-82(81-92-93(89,90)91-80-79-86(3,4)5)83(87)77-75-73-71-69-67-65-63-61-59-57-55-53-51-49-47-37-35-33-31-29-27-25-23-21-19-17-15-13-11-9-7-2/h75,77,82-83,87H,6-74,76,78-81H2,1-5H3,(H-,85,88,89,90)/b77-75+. The number of nitrogens with one attached hydrogen (secondary N) is 1. The molecule has 0 saturated carbocycles. The monoisotopic (exact) mass is 1330 g/mol. The average molecular weight is 1330 g/mol. The molecule has 0 aromatic carbocycles. The number of carbonyl (C=O) groups is 1. The Kier molecular flexibility index (Phi) is 74.8. The minimum atomic E-state index is -4.61. The Labute approximate surface area is 583 Å². The van der Waals surface area contributed by atoms with E-state index in [1.54, 1.807) is 6.08 Å². The number of nitrogens with zero attached hydrogens (tertiary/aromatic N) is 1. The van der Waals surface area contributed by atoms with Crippen molar-refractivity contribution in [1.82, 2.24) is 5.32 Å². The molecule has 0 saturated heterocycles. The molecule has 0 spiro atoms. The number of phosphoric acid groups is 1. The third-order valence-corrected chi connectivity index (χ3v) is 21.2. The maximum Gasteiger partial charge on any atom is 0.268 e. The van der Waals surface area contributed by atoms with Crippen LogP contribution < -0.4 is 10.2 Å². The first-order valence-corrected chi connectivity index (χ1v) is 44.0. The molecule has 0 aliphatic heterocycles. The van der Waals surface area contributed by atoms with Crippen molar-refractivity contribution in [2.24, 2.45) is 0 Å². The van der Waals surface area contributed by atoms with Crippen molar-refractivity contribution in [1.29, 1.82) is 0 Å². The Morgan fingerprint density at radius 1 is 0.366 bits per heavy atom. The molecule has 93 heavy (non-hydrogen) atoms. The molecule has 0 aromatic heterocycles. The van der Waals surface area contributed by atoms with Crippen LogP contribution in [0.15, 0.2) is 12.2 Å². The molecule has 0 fully saturated rings. The van der Waals surface area contributed by atoms with Gasteiger partial charge in [0.25, 0.3) is 7.82 Å². The number of rotatable bonds is 81. The third kappa shape index (κ3) is 78.5. The van der Waals surface area contributed by atoms with Gasteiger partial charge in [-0.15, -0.1) is 0 Å². The lowest BCUT2D eigenvalue weighted by Gasteiger charge is -2.29. The summed E-state index contributed by atoms with van der Waals surface area (Å²) < 4.78 is 23.6. The molecule has 0 aliphatic carbocycles. The van der Waals surface area contributed by atoms with Gasteiger partial charge in [-0.3, -0.25) is 9.36 Å². The molecule has 0 aliphatic rings. The number of amides is 1. The van der Waals surface area contributed by atoms with Gasteiger partial charge in [0.1, 0.15) is 13.2 Å². The summed E-state index contributed by atoms with van der Waals surface area (Å²) in [6, 6.07) is -0.885. The lowest BCUT2D eigenvalue weighted by atomic mass is 10.0. The molecule has 3 atom stereocenters. The maximum atomic E-state index is 13.1. The Bertz CT molecular complexity index is 1520. The molecule has 1 amide bonds. The molecule has 556 valence electrons. The molecular formula is C84H169N2O6P. The van der Waals surface area contributed by atoms with Gasteiger partial charge in [-0.1, -0.05) is 456 Å². The van der Waals surface area contributed by atoms with E-state index in [0.717, 1.165) is 38.5 Å². The van der Waals surface area contributed by atoms with Gasteiger partial charge >= 0.3 is 0 Å². The predicted octanol–water partition coefficient (Wildman–Crippen LogP) is 27.3. The molecule has 0 radical (unpaired) electrons. The molecule has 0 rings (SSSR count). The number of quaternary nitrogens is 1. The summed E-state index contributed by atoms with van der Waals surface area (Å²) in [5.41, 5.74) is 0. The first-order chi connectivity index (χ1) is 45.5. The van der Waals surface area contributed by atoms with Crippen molar-refractivity contribution in [3.63, 3.8) is 0 Å². The van der Waals surface area contributed by atoms with Crippen LogP contribution in [-0.4, -0.2) is 68.5 Å². The number of hydrogen-bond donors (Lipinski definition) is 2. The molecule has 8 nitrogen and oxygen atoms in total. The lowest BCUT2D eigenvalue weighted by Crippen LogP contribution is -2.45. The summed E-state index contributed by atoms with van der Waals surface area (Å²) in [4.78, 5) is 25.7. The Morgan fingerprint density at radius 2 is 0.581 bits per heavy atom. The van der Waals surface area contributed by atoms with Crippen LogP contribution in [0.2, 0.25) is 0 Å². The number of allylic oxidation sites excluding steroid dienone is 1. The predicted molar refractivity (Wildman–Crippen MR) is 409 cm³/mol. The van der Waals surface area contributed by atoms with Crippen LogP contribution >= 0.6 is 7.82 Å². The van der Waals surface area contributed by atoms with Gasteiger partial charge in [0.05, 0.1) is 39.9 Å². The lowest BCUT2D eigenvalue weighted by molar-refractivity contribution is -0.870. The van der Waals surface area contributed by atoms with Gasteiger partial charge in [0.15, 0.2) is 0 Å². The number of phosphoric ester groups is 1. The summed E-state index contributed by atoms with van der Waals surface area (Å²) in [7, 11) is 1.29. The van der Waals surface area contributed by atoms with Gasteiger partial charge in [-0.2, -0.15) is 0 Å². The van der Waals surface area contributed by atoms with E-state index in [1.807, 2.05) is 27.2 Å². The quantitative estimate of drug-likeness (QED) is 0.0272. The SMILES string of the molecule is CCCCCCCCCCCCCCCCCCCCCCCCCCCCCCC/C=C/C(O)C(COP(=O)([O-])OCC[N+](C)(C)C)NC(=O)CCCCCCCCCCCCCCCCCCCCCCCCCCCCCCCCCCCCCCCCCC. The van der Waals surface area contributed by atoms with Crippen LogP contribution in [0.3, 0.4) is 0 Å². The number of aliphatic hydroxyl groups excluding tert-OH is 1. The van der Waals surface area contributed by atoms with E-state index < -0.39 is 20.0 Å². The second kappa shape index (κ2) is 75.4. The van der Waals surface area contributed by atoms with Crippen molar-refractivity contribution in [2.75, 3.05) is 40.9 Å². The highest BCUT2D eigenvalue weighted by Crippen LogP contribution is 2.38. The molecule has 0 heterocycles. The van der Waals surface area contributed by atoms with E-state index in [4.69, 9.17) is 9.05 Å². The molecular weight excluding hydrogens is 1160 g/mol.